The van der Waals surface area contributed by atoms with Crippen molar-refractivity contribution in [1.82, 2.24) is 0 Å². The molecule has 0 aromatic carbocycles. The van der Waals surface area contributed by atoms with E-state index in [1.165, 1.54) is 0 Å². The van der Waals surface area contributed by atoms with Crippen LogP contribution in [0.5, 0.6) is 0 Å². The van der Waals surface area contributed by atoms with Gasteiger partial charge in [0, 0.05) is 0 Å². The summed E-state index contributed by atoms with van der Waals surface area (Å²) in [4.78, 5) is 17.1. The van der Waals surface area contributed by atoms with Crippen LogP contribution in [0.2, 0.25) is 0 Å². The van der Waals surface area contributed by atoms with Gasteiger partial charge in [0.05, 0.1) is 0 Å². The Morgan fingerprint density at radius 2 is 0.900 bits per heavy atom. The van der Waals surface area contributed by atoms with Crippen LogP contribution in [-0.4, -0.2) is 55.8 Å². The van der Waals surface area contributed by atoms with E-state index >= 15 is 0 Å². The van der Waals surface area contributed by atoms with Crippen LogP contribution < -0.4 is 29.6 Å². The van der Waals surface area contributed by atoms with E-state index in [0.717, 1.165) is 0 Å². The molecule has 0 aromatic heterocycles. The van der Waals surface area contributed by atoms with Gasteiger partial charge < -0.3 is 24.7 Å². The molecule has 0 aliphatic heterocycles. The zero-order chi connectivity index (χ0) is 7.15. The first-order valence-electron chi connectivity index (χ1n) is 1.30. The summed E-state index contributed by atoms with van der Waals surface area (Å²) in [6.07, 6.45) is -3.67. The summed E-state index contributed by atoms with van der Waals surface area (Å²) in [6.45, 7) is 0. The van der Waals surface area contributed by atoms with Crippen LogP contribution in [0.1, 0.15) is 4.28 Å². The third kappa shape index (κ3) is 4730. The standard InChI is InChI=1S/2CH2O3.Mg.Na.3H/c2*2-1(3)4;;;;;/h2*(H2,2,3,4);;;;;/q;;+2;+1;3*-1. The molecule has 4 N–H and O–H groups in total. The van der Waals surface area contributed by atoms with Crippen LogP contribution in [0.25, 0.3) is 0 Å². The molecule has 6 nitrogen and oxygen atoms in total. The fraction of sp³-hybridized carbons (Fsp3) is 0. The molecule has 0 atom stereocenters. The van der Waals surface area contributed by atoms with Crippen molar-refractivity contribution in [1.29, 1.82) is 0 Å². The minimum Gasteiger partial charge on any atom is -1.00 e. The zero-order valence-electron chi connectivity index (χ0n) is 8.31. The molecule has 0 aliphatic rings. The van der Waals surface area contributed by atoms with Crippen LogP contribution in [0.15, 0.2) is 0 Å². The molecule has 54 valence electrons. The Hall–Kier alpha value is 0.306. The quantitative estimate of drug-likeness (QED) is 0.300. The molecule has 0 aromatic rings. The SMILES string of the molecule is O=C(O)O.O=C(O)O.[H-].[H-].[H-].[Mg+2].[Na+]. The van der Waals surface area contributed by atoms with Gasteiger partial charge in [0.15, 0.2) is 0 Å². The summed E-state index contributed by atoms with van der Waals surface area (Å²) in [5, 5.41) is 27.9. The van der Waals surface area contributed by atoms with E-state index < -0.39 is 12.3 Å². The van der Waals surface area contributed by atoms with Crippen LogP contribution in [0.4, 0.5) is 9.59 Å². The number of rotatable bonds is 0. The minimum atomic E-state index is -1.83. The second kappa shape index (κ2) is 16.1. The number of carbonyl (C=O) groups is 2. The van der Waals surface area contributed by atoms with Gasteiger partial charge in [-0.05, 0) is 0 Å². The largest absolute Gasteiger partial charge is 2.00 e. The predicted octanol–water partition coefficient (Wildman–Crippen LogP) is -2.59. The maximum atomic E-state index is 8.56. The van der Waals surface area contributed by atoms with E-state index in [1.807, 2.05) is 0 Å². The van der Waals surface area contributed by atoms with Crippen molar-refractivity contribution < 1.29 is 63.9 Å². The topological polar surface area (TPSA) is 115 Å². The van der Waals surface area contributed by atoms with Crippen molar-refractivity contribution >= 4 is 35.4 Å². The summed E-state index contributed by atoms with van der Waals surface area (Å²) >= 11 is 0. The van der Waals surface area contributed by atoms with Gasteiger partial charge in [-0.15, -0.1) is 0 Å². The van der Waals surface area contributed by atoms with E-state index in [1.54, 1.807) is 0 Å². The van der Waals surface area contributed by atoms with Gasteiger partial charge in [-0.1, -0.05) is 0 Å². The molecule has 0 unspecified atom stereocenters. The van der Waals surface area contributed by atoms with Crippen molar-refractivity contribution in [2.24, 2.45) is 0 Å². The molecule has 0 radical (unpaired) electrons. The Kier molecular flexibility index (Phi) is 36.2. The normalized spacial score (nSPS) is 4.80. The molecule has 0 rings (SSSR count). The third-order valence-corrected chi connectivity index (χ3v) is 0. The van der Waals surface area contributed by atoms with E-state index in [0.29, 0.717) is 0 Å². The first kappa shape index (κ1) is 22.4. The summed E-state index contributed by atoms with van der Waals surface area (Å²) in [7, 11) is 0. The van der Waals surface area contributed by atoms with E-state index in [-0.39, 0.29) is 56.9 Å². The molecule has 0 spiro atoms. The van der Waals surface area contributed by atoms with Crippen molar-refractivity contribution in [3.05, 3.63) is 0 Å². The van der Waals surface area contributed by atoms with Gasteiger partial charge in [-0.2, -0.15) is 0 Å². The minimum absolute atomic E-state index is 0. The van der Waals surface area contributed by atoms with Crippen molar-refractivity contribution in [3.63, 3.8) is 0 Å². The summed E-state index contributed by atoms with van der Waals surface area (Å²) in [5.41, 5.74) is 0. The van der Waals surface area contributed by atoms with Crippen LogP contribution >= 0.6 is 0 Å². The second-order valence-corrected chi connectivity index (χ2v) is 0.565. The molecule has 0 aliphatic carbocycles. The summed E-state index contributed by atoms with van der Waals surface area (Å²) < 4.78 is 0. The second-order valence-electron chi connectivity index (χ2n) is 0.565. The maximum Gasteiger partial charge on any atom is 2.00 e. The van der Waals surface area contributed by atoms with Crippen LogP contribution in [0.3, 0.4) is 0 Å². The van der Waals surface area contributed by atoms with Gasteiger partial charge >= 0.3 is 64.9 Å². The van der Waals surface area contributed by atoms with Gasteiger partial charge in [0.25, 0.3) is 0 Å². The molecule has 10 heavy (non-hydrogen) atoms. The van der Waals surface area contributed by atoms with Crippen LogP contribution in [-0.2, 0) is 0 Å². The van der Waals surface area contributed by atoms with Crippen molar-refractivity contribution in [2.45, 2.75) is 0 Å². The number of carboxylic acid groups (broad SMARTS) is 4. The number of hydrogen-bond acceptors (Lipinski definition) is 2. The zero-order valence-corrected chi connectivity index (χ0v) is 8.73. The molecule has 0 fully saturated rings. The van der Waals surface area contributed by atoms with Crippen molar-refractivity contribution in [2.75, 3.05) is 0 Å². The molecule has 0 bridgehead atoms. The van der Waals surface area contributed by atoms with Gasteiger partial charge in [-0.25, -0.2) is 9.59 Å². The Morgan fingerprint density at radius 1 is 0.900 bits per heavy atom. The fourth-order valence-electron chi connectivity index (χ4n) is 0. The maximum absolute atomic E-state index is 8.56. The smallest absolute Gasteiger partial charge is 1.00 e. The molecule has 8 heteroatoms. The Morgan fingerprint density at radius 3 is 0.900 bits per heavy atom. The first-order valence-corrected chi connectivity index (χ1v) is 1.30. The first-order chi connectivity index (χ1) is 3.46. The molecule has 0 saturated heterocycles. The Balaban J connectivity index is -0.00000000800. The Labute approximate surface area is 98.7 Å². The predicted molar refractivity (Wildman–Crippen MR) is 30.4 cm³/mol. The molecular weight excluding hydrogens is 167 g/mol. The average molecular weight is 174 g/mol. The van der Waals surface area contributed by atoms with Gasteiger partial charge in [0.1, 0.15) is 0 Å². The summed E-state index contributed by atoms with van der Waals surface area (Å²) in [5.74, 6) is 0. The average Bonchev–Trinajstić information content (AvgIpc) is 1.25. The van der Waals surface area contributed by atoms with Crippen LogP contribution in [0, 0.1) is 0 Å². The van der Waals surface area contributed by atoms with Crippen molar-refractivity contribution in [3.8, 4) is 0 Å². The molecular formula is C2H7MgNaO6. The Bertz CT molecular complexity index is 83.9. The summed E-state index contributed by atoms with van der Waals surface area (Å²) in [6, 6.07) is 0. The number of hydrogen-bond donors (Lipinski definition) is 4. The molecule has 0 heterocycles. The van der Waals surface area contributed by atoms with Gasteiger partial charge in [-0.3, -0.25) is 0 Å². The molecule has 0 amide bonds. The van der Waals surface area contributed by atoms with E-state index in [4.69, 9.17) is 30.0 Å². The molecule has 0 saturated carbocycles. The monoisotopic (exact) mass is 174 g/mol. The van der Waals surface area contributed by atoms with E-state index in [2.05, 4.69) is 0 Å². The fourth-order valence-corrected chi connectivity index (χ4v) is 0. The third-order valence-electron chi connectivity index (χ3n) is 0. The van der Waals surface area contributed by atoms with Gasteiger partial charge in [0.2, 0.25) is 0 Å². The van der Waals surface area contributed by atoms with E-state index in [9.17, 15) is 0 Å².